The van der Waals surface area contributed by atoms with Crippen LogP contribution in [0.3, 0.4) is 0 Å². The van der Waals surface area contributed by atoms with Crippen LogP contribution in [0.1, 0.15) is 94.1 Å². The van der Waals surface area contributed by atoms with Crippen LogP contribution >= 0.6 is 11.8 Å². The number of piperidine rings is 1. The Labute approximate surface area is 556 Å². The molecule has 3 aliphatic rings. The molecule has 3 saturated heterocycles. The van der Waals surface area contributed by atoms with Crippen LogP contribution in [0.15, 0.2) is 59.7 Å². The number of likely N-dealkylation sites (tertiary alicyclic amines) is 2. The molecule has 2 unspecified atom stereocenters. The van der Waals surface area contributed by atoms with Crippen molar-refractivity contribution in [3.05, 3.63) is 71.4 Å². The third-order valence-corrected chi connectivity index (χ3v) is 17.9. The number of hydrogen-bond donors (Lipinski definition) is 9. The average molecular weight is 1350 g/mol. The van der Waals surface area contributed by atoms with Crippen molar-refractivity contribution in [1.82, 2.24) is 55.7 Å². The summed E-state index contributed by atoms with van der Waals surface area (Å²) in [4.78, 5) is 120. The first kappa shape index (κ1) is 76.5. The van der Waals surface area contributed by atoms with Gasteiger partial charge in [0.05, 0.1) is 63.3 Å². The summed E-state index contributed by atoms with van der Waals surface area (Å²) in [7, 11) is 0. The first-order valence-electron chi connectivity index (χ1n) is 32.5. The third-order valence-electron chi connectivity index (χ3n) is 16.9. The van der Waals surface area contributed by atoms with Crippen molar-refractivity contribution in [2.75, 3.05) is 136 Å². The molecule has 5 amide bonds. The Morgan fingerprint density at radius 2 is 1.42 bits per heavy atom. The molecule has 0 bridgehead atoms. The number of hydrogen-bond acceptors (Lipinski definition) is 20. The molecule has 27 nitrogen and oxygen atoms in total. The largest absolute Gasteiger partial charge is 0.494 e. The number of carboxylic acid groups (broad SMARTS) is 3. The Hall–Kier alpha value is -7.50. The number of pyridine rings is 1. The number of rotatable bonds is 34. The van der Waals surface area contributed by atoms with Crippen molar-refractivity contribution in [2.45, 2.75) is 115 Å². The predicted octanol–water partition coefficient (Wildman–Crippen LogP) is 2.18. The number of thioether (sulfide) groups is 1. The highest BCUT2D eigenvalue weighted by molar-refractivity contribution is 7.99. The third kappa shape index (κ3) is 27.6. The van der Waals surface area contributed by atoms with Crippen LogP contribution in [0.25, 0.3) is 10.9 Å². The van der Waals surface area contributed by atoms with E-state index in [-0.39, 0.29) is 109 Å². The number of aliphatic carboxylic acids is 3. The van der Waals surface area contributed by atoms with E-state index in [1.54, 1.807) is 61.8 Å². The molecule has 3 aliphatic heterocycles. The number of aryl methyl sites for hydroxylation is 2. The van der Waals surface area contributed by atoms with Crippen LogP contribution in [0.5, 0.6) is 5.75 Å². The number of carbonyl (C=O) groups is 8. The van der Waals surface area contributed by atoms with E-state index in [4.69, 9.17) is 4.74 Å². The van der Waals surface area contributed by atoms with Gasteiger partial charge in [-0.1, -0.05) is 29.8 Å². The van der Waals surface area contributed by atoms with Crippen molar-refractivity contribution in [3.8, 4) is 11.8 Å². The highest BCUT2D eigenvalue weighted by atomic mass is 32.2. The number of unbranched alkanes of at least 4 members (excludes halogenated alkanes) is 1. The number of aliphatic hydroxyl groups is 2. The molecule has 0 aliphatic carbocycles. The van der Waals surface area contributed by atoms with Gasteiger partial charge in [0.25, 0.3) is 11.8 Å². The van der Waals surface area contributed by atoms with Gasteiger partial charge in [0.15, 0.2) is 0 Å². The molecule has 9 N–H and O–H groups in total. The van der Waals surface area contributed by atoms with Crippen molar-refractivity contribution < 1.29 is 77.4 Å². The number of benzene rings is 2. The lowest BCUT2D eigenvalue weighted by Crippen LogP contribution is -2.52. The van der Waals surface area contributed by atoms with Gasteiger partial charge >= 0.3 is 17.9 Å². The van der Waals surface area contributed by atoms with Crippen LogP contribution in [-0.2, 0) is 44.8 Å². The SMILES string of the molecule is C/C(=N\CCCCC(NC(=O)CN1CCN(CC(=O)O)CCN(CC(=O)O)CCN(CC(=O)O)CC1)C(=O)NCCSC[C@@H](O)C(=O)N1CCC(CCCOc2ccc3nccc(C(O)NCC(=O)N4CC(F)(F)C[C@@H]4C#N)c3c2)CC1)NC(=O)CCCc1ccc(C)cc1. The molecule has 4 atom stereocenters. The fraction of sp³-hybridized carbons (Fsp3) is 0.615. The minimum Gasteiger partial charge on any atom is -0.494 e. The zero-order valence-corrected chi connectivity index (χ0v) is 55.1. The monoisotopic (exact) mass is 1350 g/mol. The maximum Gasteiger partial charge on any atom is 0.317 e. The number of carboxylic acids is 3. The molecule has 4 heterocycles. The first-order chi connectivity index (χ1) is 45.4. The average Bonchev–Trinajstić information content (AvgIpc) is 1.73. The number of ether oxygens (including phenoxy) is 1. The predicted molar refractivity (Wildman–Crippen MR) is 350 cm³/mol. The minimum absolute atomic E-state index is 0.0812. The summed E-state index contributed by atoms with van der Waals surface area (Å²) in [6.45, 7) is 4.61. The second kappa shape index (κ2) is 39.5. The van der Waals surface area contributed by atoms with Gasteiger partial charge in [0, 0.05) is 120 Å². The minimum atomic E-state index is -3.17. The maximum absolute atomic E-state index is 13.9. The van der Waals surface area contributed by atoms with Crippen LogP contribution in [0.4, 0.5) is 8.78 Å². The molecule has 3 aromatic rings. The number of nitrogens with zero attached hydrogens (tertiary/aromatic N) is 9. The van der Waals surface area contributed by atoms with E-state index in [1.807, 2.05) is 19.1 Å². The number of aliphatic imine (C=N–C) groups is 1. The second-order valence-corrected chi connectivity index (χ2v) is 25.6. The molecule has 0 spiro atoms. The fourth-order valence-corrected chi connectivity index (χ4v) is 12.4. The molecule has 30 heteroatoms. The van der Waals surface area contributed by atoms with Crippen molar-refractivity contribution in [3.63, 3.8) is 0 Å². The molecule has 0 saturated carbocycles. The molecule has 0 radical (unpaired) electrons. The van der Waals surface area contributed by atoms with Gasteiger partial charge in [0.2, 0.25) is 23.6 Å². The summed E-state index contributed by atoms with van der Waals surface area (Å²) in [6.07, 6.45) is 4.11. The van der Waals surface area contributed by atoms with Crippen LogP contribution in [-0.4, -0.2) is 273 Å². The summed E-state index contributed by atoms with van der Waals surface area (Å²) < 4.78 is 34.0. The number of amidine groups is 1. The molecular formula is C65H93F2N13O14S. The van der Waals surface area contributed by atoms with Gasteiger partial charge in [-0.3, -0.25) is 73.2 Å². The van der Waals surface area contributed by atoms with Gasteiger partial charge in [-0.05, 0) is 107 Å². The van der Waals surface area contributed by atoms with E-state index < -0.39 is 85.5 Å². The Balaban J connectivity index is 0.945. The number of amides is 5. The number of nitrogens with one attached hydrogen (secondary N) is 4. The summed E-state index contributed by atoms with van der Waals surface area (Å²) in [5.41, 5.74) is 3.26. The van der Waals surface area contributed by atoms with E-state index in [0.717, 1.165) is 41.7 Å². The Bertz CT molecular complexity index is 3070. The first-order valence-corrected chi connectivity index (χ1v) is 33.6. The van der Waals surface area contributed by atoms with Crippen molar-refractivity contribution in [1.29, 1.82) is 5.26 Å². The van der Waals surface area contributed by atoms with E-state index >= 15 is 0 Å². The van der Waals surface area contributed by atoms with Crippen LogP contribution < -0.4 is 26.0 Å². The number of nitriles is 1. The normalized spacial score (nSPS) is 18.4. The van der Waals surface area contributed by atoms with Crippen LogP contribution in [0.2, 0.25) is 0 Å². The molecule has 6 rings (SSSR count). The van der Waals surface area contributed by atoms with Gasteiger partial charge < -0.3 is 56.0 Å². The van der Waals surface area contributed by atoms with Crippen molar-refractivity contribution >= 4 is 75.9 Å². The Morgan fingerprint density at radius 1 is 0.800 bits per heavy atom. The number of carbonyl (C=O) groups excluding carboxylic acids is 5. The Morgan fingerprint density at radius 3 is 2.03 bits per heavy atom. The number of alkyl halides is 2. The zero-order valence-electron chi connectivity index (χ0n) is 54.3. The smallest absolute Gasteiger partial charge is 0.317 e. The number of aliphatic hydroxyl groups excluding tert-OH is 2. The molecule has 522 valence electrons. The van der Waals surface area contributed by atoms with E-state index in [2.05, 4.69) is 43.4 Å². The molecule has 95 heavy (non-hydrogen) atoms. The standard InChI is InChI=1S/C65H93F2N13O14S/c1-45-11-13-47(14-12-45)7-5-10-56(82)73-46(2)69-20-4-3-9-54(74-57(83)39-75-25-27-76(40-59(85)86)29-31-78(42-61(89)90)32-30-77(28-26-75)41-60(87)88)63(92)71-22-34-95-43-55(81)64(93)79-23-18-48(19-24-79)8-6-33-94-50-15-16-53-52(35-50)51(17-21-70-53)62(91)72-38-58(84)80-44-65(66,67)36-49(80)37-68/h11-17,21,35,48-49,54-55,62,72,81,91H,3-10,18-20,22-34,36,38-44H2,1-2H3,(H,71,92)(H,74,83)(H,85,86)(H,87,88)(H,89,90)(H,69,73,82)/t49-,54?,55-,62?/m1/s1. The second-order valence-electron chi connectivity index (χ2n) is 24.5. The summed E-state index contributed by atoms with van der Waals surface area (Å²) in [6, 6.07) is 14.5. The van der Waals surface area contributed by atoms with Crippen LogP contribution in [0, 0.1) is 24.2 Å². The number of halogens is 2. The van der Waals surface area contributed by atoms with Gasteiger partial charge in [-0.2, -0.15) is 17.0 Å². The number of fused-ring (bicyclic) bond motifs is 1. The molecule has 3 fully saturated rings. The maximum atomic E-state index is 13.9. The molecule has 1 aromatic heterocycles. The van der Waals surface area contributed by atoms with Gasteiger partial charge in [-0.15, -0.1) is 0 Å². The summed E-state index contributed by atoms with van der Waals surface area (Å²) in [5.74, 6) is -6.92. The quantitative estimate of drug-likeness (QED) is 0.0179. The molecular weight excluding hydrogens is 1260 g/mol. The zero-order chi connectivity index (χ0) is 68.9. The lowest BCUT2D eigenvalue weighted by Gasteiger charge is -2.33. The summed E-state index contributed by atoms with van der Waals surface area (Å²) >= 11 is 1.28. The van der Waals surface area contributed by atoms with Gasteiger partial charge in [0.1, 0.15) is 30.2 Å². The number of aromatic nitrogens is 1. The van der Waals surface area contributed by atoms with Gasteiger partial charge in [-0.25, -0.2) is 8.78 Å². The molecule has 2 aromatic carbocycles. The fourth-order valence-electron chi connectivity index (χ4n) is 11.6. The van der Waals surface area contributed by atoms with E-state index in [0.29, 0.717) is 98.1 Å². The Kier molecular flexibility index (Phi) is 31.8. The lowest BCUT2D eigenvalue weighted by molar-refractivity contribution is -0.140. The van der Waals surface area contributed by atoms with E-state index in [9.17, 15) is 77.9 Å². The topological polar surface area (TPSA) is 364 Å². The van der Waals surface area contributed by atoms with E-state index in [1.165, 1.54) is 18.0 Å². The van der Waals surface area contributed by atoms with Crippen molar-refractivity contribution in [2.24, 2.45) is 10.9 Å². The summed E-state index contributed by atoms with van der Waals surface area (Å²) in [5, 5.41) is 72.0. The highest BCUT2D eigenvalue weighted by Gasteiger charge is 2.47. The highest BCUT2D eigenvalue weighted by Crippen LogP contribution is 2.32. The lowest BCUT2D eigenvalue weighted by atomic mass is 9.92.